The molecule has 4 rings (SSSR count). The molecule has 3 aromatic heterocycles. The zero-order chi connectivity index (χ0) is 22.1. The Labute approximate surface area is 186 Å². The van der Waals surface area contributed by atoms with Crippen molar-refractivity contribution in [1.29, 1.82) is 0 Å². The van der Waals surface area contributed by atoms with Crippen LogP contribution in [0.3, 0.4) is 0 Å². The topological polar surface area (TPSA) is 97.0 Å². The van der Waals surface area contributed by atoms with Gasteiger partial charge >= 0.3 is 0 Å². The fraction of sp³-hybridized carbons (Fsp3) is 0.500. The molecule has 31 heavy (non-hydrogen) atoms. The summed E-state index contributed by atoms with van der Waals surface area (Å²) in [7, 11) is 0. The first kappa shape index (κ1) is 21.4. The molecule has 3 aromatic rings. The molecule has 0 unspecified atom stereocenters. The fourth-order valence-corrected chi connectivity index (χ4v) is 4.83. The van der Waals surface area contributed by atoms with E-state index in [1.165, 1.54) is 11.3 Å². The molecule has 0 atom stereocenters. The molecule has 164 valence electrons. The highest BCUT2D eigenvalue weighted by atomic mass is 32.1. The Hall–Kier alpha value is -2.81. The number of thiazole rings is 1. The number of amides is 1. The lowest BCUT2D eigenvalue weighted by atomic mass is 9.90. The van der Waals surface area contributed by atoms with Gasteiger partial charge in [0.05, 0.1) is 27.7 Å². The van der Waals surface area contributed by atoms with Crippen LogP contribution in [0.15, 0.2) is 16.8 Å². The van der Waals surface area contributed by atoms with Gasteiger partial charge in [0.15, 0.2) is 5.76 Å². The van der Waals surface area contributed by atoms with Crippen LogP contribution in [-0.4, -0.2) is 50.0 Å². The molecule has 1 aliphatic heterocycles. The van der Waals surface area contributed by atoms with Crippen LogP contribution in [0.4, 0.5) is 5.95 Å². The highest BCUT2D eigenvalue weighted by molar-refractivity contribution is 7.13. The van der Waals surface area contributed by atoms with Gasteiger partial charge in [0.2, 0.25) is 5.95 Å². The van der Waals surface area contributed by atoms with Gasteiger partial charge in [0.1, 0.15) is 4.88 Å². The molecular formula is C22H28N6O2S. The van der Waals surface area contributed by atoms with E-state index in [1.54, 1.807) is 0 Å². The SMILES string of the molecule is Cc1cc(-c2cnc(NC(C)C)nc2C2CCN(C(=O)c3sc(C)nc3C)CC2)on1. The number of aromatic nitrogens is 4. The number of nitrogens with one attached hydrogen (secondary N) is 1. The van der Waals surface area contributed by atoms with E-state index in [-0.39, 0.29) is 17.9 Å². The minimum Gasteiger partial charge on any atom is -0.356 e. The number of aryl methyl sites for hydroxylation is 3. The molecule has 0 saturated carbocycles. The van der Waals surface area contributed by atoms with Gasteiger partial charge in [-0.15, -0.1) is 11.3 Å². The zero-order valence-corrected chi connectivity index (χ0v) is 19.4. The van der Waals surface area contributed by atoms with Crippen LogP contribution in [-0.2, 0) is 0 Å². The van der Waals surface area contributed by atoms with E-state index in [1.807, 2.05) is 37.9 Å². The average molecular weight is 441 g/mol. The van der Waals surface area contributed by atoms with Gasteiger partial charge in [-0.2, -0.15) is 0 Å². The van der Waals surface area contributed by atoms with Crippen LogP contribution in [0.25, 0.3) is 11.3 Å². The van der Waals surface area contributed by atoms with Gasteiger partial charge in [-0.1, -0.05) is 5.16 Å². The average Bonchev–Trinajstić information content (AvgIpc) is 3.31. The van der Waals surface area contributed by atoms with E-state index in [0.717, 1.165) is 45.4 Å². The van der Waals surface area contributed by atoms with Crippen molar-refractivity contribution in [1.82, 2.24) is 25.0 Å². The quantitative estimate of drug-likeness (QED) is 0.630. The molecular weight excluding hydrogens is 412 g/mol. The Kier molecular flexibility index (Phi) is 6.04. The first-order valence-electron chi connectivity index (χ1n) is 10.6. The van der Waals surface area contributed by atoms with Crippen LogP contribution >= 0.6 is 11.3 Å². The van der Waals surface area contributed by atoms with Crippen LogP contribution < -0.4 is 5.32 Å². The number of likely N-dealkylation sites (tertiary alicyclic amines) is 1. The maximum Gasteiger partial charge on any atom is 0.265 e. The van der Waals surface area contributed by atoms with Gasteiger partial charge in [-0.05, 0) is 47.5 Å². The van der Waals surface area contributed by atoms with Gasteiger partial charge < -0.3 is 14.7 Å². The number of carbonyl (C=O) groups is 1. The molecule has 0 radical (unpaired) electrons. The molecule has 0 aromatic carbocycles. The van der Waals surface area contributed by atoms with E-state index < -0.39 is 0 Å². The van der Waals surface area contributed by atoms with Crippen molar-refractivity contribution in [3.63, 3.8) is 0 Å². The summed E-state index contributed by atoms with van der Waals surface area (Å²) in [6, 6.07) is 2.14. The third kappa shape index (κ3) is 4.61. The number of carbonyl (C=O) groups excluding carboxylic acids is 1. The zero-order valence-electron chi connectivity index (χ0n) is 18.6. The van der Waals surface area contributed by atoms with E-state index in [4.69, 9.17) is 9.51 Å². The second-order valence-corrected chi connectivity index (χ2v) is 9.54. The largest absolute Gasteiger partial charge is 0.356 e. The molecule has 1 saturated heterocycles. The summed E-state index contributed by atoms with van der Waals surface area (Å²) in [6.07, 6.45) is 3.48. The molecule has 1 aliphatic rings. The van der Waals surface area contributed by atoms with Crippen LogP contribution in [0.2, 0.25) is 0 Å². The van der Waals surface area contributed by atoms with Gasteiger partial charge in [-0.3, -0.25) is 4.79 Å². The van der Waals surface area contributed by atoms with Crippen molar-refractivity contribution in [3.8, 4) is 11.3 Å². The maximum atomic E-state index is 13.0. The second-order valence-electron chi connectivity index (χ2n) is 8.34. The fourth-order valence-electron chi connectivity index (χ4n) is 3.94. The smallest absolute Gasteiger partial charge is 0.265 e. The number of nitrogens with zero attached hydrogens (tertiary/aromatic N) is 5. The van der Waals surface area contributed by atoms with Gasteiger partial charge in [0, 0.05) is 37.3 Å². The highest BCUT2D eigenvalue weighted by Crippen LogP contribution is 2.35. The predicted molar refractivity (Wildman–Crippen MR) is 120 cm³/mol. The molecule has 1 amide bonds. The van der Waals surface area contributed by atoms with Crippen LogP contribution in [0.1, 0.15) is 64.4 Å². The minimum atomic E-state index is 0.0810. The van der Waals surface area contributed by atoms with Gasteiger partial charge in [0.25, 0.3) is 5.91 Å². The molecule has 1 fully saturated rings. The monoisotopic (exact) mass is 440 g/mol. The summed E-state index contributed by atoms with van der Waals surface area (Å²) >= 11 is 1.47. The van der Waals surface area contributed by atoms with E-state index >= 15 is 0 Å². The number of hydrogen-bond donors (Lipinski definition) is 1. The summed E-state index contributed by atoms with van der Waals surface area (Å²) in [5.74, 6) is 1.58. The lowest BCUT2D eigenvalue weighted by molar-refractivity contribution is 0.0716. The third-order valence-corrected chi connectivity index (χ3v) is 6.46. The Balaban J connectivity index is 1.56. The summed E-state index contributed by atoms with van der Waals surface area (Å²) in [5.41, 5.74) is 3.46. The number of rotatable bonds is 5. The minimum absolute atomic E-state index is 0.0810. The van der Waals surface area contributed by atoms with Crippen molar-refractivity contribution >= 4 is 23.2 Å². The summed E-state index contributed by atoms with van der Waals surface area (Å²) < 4.78 is 5.51. The number of hydrogen-bond acceptors (Lipinski definition) is 8. The van der Waals surface area contributed by atoms with Crippen LogP contribution in [0.5, 0.6) is 0 Å². The van der Waals surface area contributed by atoms with Crippen molar-refractivity contribution in [2.75, 3.05) is 18.4 Å². The summed E-state index contributed by atoms with van der Waals surface area (Å²) in [4.78, 5) is 29.4. The third-order valence-electron chi connectivity index (χ3n) is 5.40. The van der Waals surface area contributed by atoms with E-state index in [9.17, 15) is 4.79 Å². The molecule has 0 spiro atoms. The van der Waals surface area contributed by atoms with Crippen molar-refractivity contribution in [2.24, 2.45) is 0 Å². The lowest BCUT2D eigenvalue weighted by Gasteiger charge is -2.32. The Morgan fingerprint density at radius 1 is 1.23 bits per heavy atom. The Morgan fingerprint density at radius 2 is 1.97 bits per heavy atom. The first-order chi connectivity index (χ1) is 14.8. The molecule has 0 bridgehead atoms. The number of anilines is 1. The predicted octanol–water partition coefficient (Wildman–Crippen LogP) is 4.35. The number of piperidine rings is 1. The molecule has 9 heteroatoms. The van der Waals surface area contributed by atoms with Gasteiger partial charge in [-0.25, -0.2) is 15.0 Å². The first-order valence-corrected chi connectivity index (χ1v) is 11.4. The standard InChI is InChI=1S/C22H28N6O2S/c1-12(2)24-22-23-11-17(18-10-13(3)27-30-18)19(26-22)16-6-8-28(9-7-16)21(29)20-14(4)25-15(5)31-20/h10-12,16H,6-9H2,1-5H3,(H,23,24,26). The molecule has 0 aliphatic carbocycles. The molecule has 4 heterocycles. The highest BCUT2D eigenvalue weighted by Gasteiger charge is 2.30. The van der Waals surface area contributed by atoms with Crippen molar-refractivity contribution in [2.45, 2.75) is 59.4 Å². The summed E-state index contributed by atoms with van der Waals surface area (Å²) in [5, 5.41) is 8.24. The molecule has 1 N–H and O–H groups in total. The Morgan fingerprint density at radius 3 is 2.55 bits per heavy atom. The van der Waals surface area contributed by atoms with Crippen molar-refractivity contribution < 1.29 is 9.32 Å². The van der Waals surface area contributed by atoms with E-state index in [2.05, 4.69) is 34.3 Å². The Bertz CT molecular complexity index is 1080. The molecule has 8 nitrogen and oxygen atoms in total. The normalized spacial score (nSPS) is 15.0. The van der Waals surface area contributed by atoms with E-state index in [0.29, 0.717) is 24.8 Å². The van der Waals surface area contributed by atoms with Crippen LogP contribution in [0, 0.1) is 20.8 Å². The second kappa shape index (κ2) is 8.74. The maximum absolute atomic E-state index is 13.0. The lowest BCUT2D eigenvalue weighted by Crippen LogP contribution is -2.38. The van der Waals surface area contributed by atoms with Crippen molar-refractivity contribution in [3.05, 3.63) is 39.2 Å². The summed E-state index contributed by atoms with van der Waals surface area (Å²) in [6.45, 7) is 11.2.